The number of rotatable bonds is 9. The van der Waals surface area contributed by atoms with Gasteiger partial charge in [0.05, 0.1) is 18.7 Å². The molecule has 0 atom stereocenters. The van der Waals surface area contributed by atoms with E-state index >= 15 is 0 Å². The van der Waals surface area contributed by atoms with Crippen LogP contribution in [0.4, 0.5) is 0 Å². The molecule has 0 aliphatic heterocycles. The maximum absolute atomic E-state index is 13.5. The van der Waals surface area contributed by atoms with Gasteiger partial charge in [0.1, 0.15) is 0 Å². The molecule has 0 amide bonds. The Morgan fingerprint density at radius 2 is 1.59 bits per heavy atom. The molecule has 2 aromatic heterocycles. The average Bonchev–Trinajstić information content (AvgIpc) is 3.58. The fraction of sp³-hybridized carbons (Fsp3) is 0.172. The molecule has 0 radical (unpaired) electrons. The van der Waals surface area contributed by atoms with Gasteiger partial charge < -0.3 is 5.11 Å². The van der Waals surface area contributed by atoms with Crippen molar-refractivity contribution in [3.63, 3.8) is 0 Å². The second-order valence-corrected chi connectivity index (χ2v) is 9.09. The molecule has 196 valence electrons. The number of benzene rings is 3. The first-order chi connectivity index (χ1) is 19.0. The van der Waals surface area contributed by atoms with Crippen LogP contribution in [0.2, 0.25) is 0 Å². The molecule has 10 nitrogen and oxygen atoms in total. The lowest BCUT2D eigenvalue weighted by Gasteiger charge is -2.10. The summed E-state index contributed by atoms with van der Waals surface area (Å²) < 4.78 is 2.22. The number of carboxylic acids is 1. The Kier molecular flexibility index (Phi) is 7.26. The summed E-state index contributed by atoms with van der Waals surface area (Å²) in [5.41, 5.74) is 3.56. The van der Waals surface area contributed by atoms with E-state index in [2.05, 4.69) is 20.6 Å². The minimum absolute atomic E-state index is 0.0783. The SMILES string of the molecule is CCCc1c(C(=O)O)n(C(=O)Cc2ccccc2)c(=O)n1Cc1ccc(-c2ccccc2-c2nn[nH]n2)cc1. The van der Waals surface area contributed by atoms with E-state index in [-0.39, 0.29) is 18.7 Å². The number of carbonyl (C=O) groups is 2. The number of aromatic nitrogens is 6. The highest BCUT2D eigenvalue weighted by Crippen LogP contribution is 2.30. The van der Waals surface area contributed by atoms with Gasteiger partial charge in [0.25, 0.3) is 0 Å². The van der Waals surface area contributed by atoms with Gasteiger partial charge in [-0.3, -0.25) is 9.36 Å². The Morgan fingerprint density at radius 3 is 2.23 bits per heavy atom. The fourth-order valence-corrected chi connectivity index (χ4v) is 4.72. The number of hydrogen-bond donors (Lipinski definition) is 2. The first kappa shape index (κ1) is 25.5. The summed E-state index contributed by atoms with van der Waals surface area (Å²) in [6.45, 7) is 2.03. The fourth-order valence-electron chi connectivity index (χ4n) is 4.72. The predicted molar refractivity (Wildman–Crippen MR) is 145 cm³/mol. The van der Waals surface area contributed by atoms with Crippen LogP contribution >= 0.6 is 0 Å². The van der Waals surface area contributed by atoms with Crippen LogP contribution in [0.5, 0.6) is 0 Å². The van der Waals surface area contributed by atoms with Gasteiger partial charge >= 0.3 is 11.7 Å². The van der Waals surface area contributed by atoms with Crippen molar-refractivity contribution >= 4 is 11.9 Å². The van der Waals surface area contributed by atoms with E-state index in [9.17, 15) is 19.5 Å². The molecule has 3 aromatic carbocycles. The minimum atomic E-state index is -1.30. The Balaban J connectivity index is 1.50. The van der Waals surface area contributed by atoms with Gasteiger partial charge in [0.15, 0.2) is 5.69 Å². The molecule has 0 aliphatic rings. The molecule has 10 heteroatoms. The third kappa shape index (κ3) is 5.17. The van der Waals surface area contributed by atoms with Crippen molar-refractivity contribution < 1.29 is 14.7 Å². The minimum Gasteiger partial charge on any atom is -0.477 e. The topological polar surface area (TPSA) is 136 Å². The molecule has 0 bridgehead atoms. The normalized spacial score (nSPS) is 11.0. The van der Waals surface area contributed by atoms with E-state index in [1.165, 1.54) is 4.57 Å². The lowest BCUT2D eigenvalue weighted by molar-refractivity contribution is 0.0671. The molecular formula is C29H26N6O4. The number of nitrogens with zero attached hydrogens (tertiary/aromatic N) is 5. The van der Waals surface area contributed by atoms with Crippen LogP contribution in [0.25, 0.3) is 22.5 Å². The van der Waals surface area contributed by atoms with Crippen molar-refractivity contribution in [1.82, 2.24) is 29.8 Å². The molecule has 5 aromatic rings. The van der Waals surface area contributed by atoms with Crippen molar-refractivity contribution in [2.24, 2.45) is 0 Å². The van der Waals surface area contributed by atoms with E-state index in [0.29, 0.717) is 29.9 Å². The lowest BCUT2D eigenvalue weighted by atomic mass is 9.98. The Morgan fingerprint density at radius 1 is 0.897 bits per heavy atom. The maximum atomic E-state index is 13.5. The van der Waals surface area contributed by atoms with Crippen molar-refractivity contribution in [2.45, 2.75) is 32.7 Å². The molecule has 0 saturated heterocycles. The molecule has 0 fully saturated rings. The molecule has 2 heterocycles. The van der Waals surface area contributed by atoms with Crippen LogP contribution < -0.4 is 5.69 Å². The summed E-state index contributed by atoms with van der Waals surface area (Å²) >= 11 is 0. The number of carboxylic acid groups (broad SMARTS) is 1. The number of nitrogens with one attached hydrogen (secondary N) is 1. The highest BCUT2D eigenvalue weighted by Gasteiger charge is 2.28. The molecule has 0 aliphatic carbocycles. The first-order valence-corrected chi connectivity index (χ1v) is 12.5. The number of aromatic amines is 1. The van der Waals surface area contributed by atoms with Gasteiger partial charge in [-0.2, -0.15) is 5.21 Å². The number of hydrogen-bond acceptors (Lipinski definition) is 6. The lowest BCUT2D eigenvalue weighted by Crippen LogP contribution is -2.32. The van der Waals surface area contributed by atoms with Gasteiger partial charge in [0, 0.05) is 5.56 Å². The van der Waals surface area contributed by atoms with Crippen molar-refractivity contribution in [3.8, 4) is 22.5 Å². The van der Waals surface area contributed by atoms with Crippen LogP contribution in [0.15, 0.2) is 83.7 Å². The van der Waals surface area contributed by atoms with Gasteiger partial charge in [-0.15, -0.1) is 10.2 Å². The number of aromatic carboxylic acids is 1. The largest absolute Gasteiger partial charge is 0.477 e. The average molecular weight is 523 g/mol. The maximum Gasteiger partial charge on any atom is 0.354 e. The summed E-state index contributed by atoms with van der Waals surface area (Å²) in [6, 6.07) is 24.3. The third-order valence-electron chi connectivity index (χ3n) is 6.50. The van der Waals surface area contributed by atoms with E-state index in [4.69, 9.17) is 0 Å². The molecule has 39 heavy (non-hydrogen) atoms. The Labute approximate surface area is 223 Å². The van der Waals surface area contributed by atoms with E-state index in [0.717, 1.165) is 26.8 Å². The van der Waals surface area contributed by atoms with Crippen LogP contribution in [0.3, 0.4) is 0 Å². The van der Waals surface area contributed by atoms with Crippen LogP contribution in [0, 0.1) is 0 Å². The molecule has 2 N–H and O–H groups in total. The second-order valence-electron chi connectivity index (χ2n) is 9.09. The van der Waals surface area contributed by atoms with Gasteiger partial charge in [-0.25, -0.2) is 14.2 Å². The number of imidazole rings is 1. The van der Waals surface area contributed by atoms with Gasteiger partial charge in [-0.05, 0) is 33.9 Å². The summed E-state index contributed by atoms with van der Waals surface area (Å²) in [7, 11) is 0. The first-order valence-electron chi connectivity index (χ1n) is 12.5. The van der Waals surface area contributed by atoms with Crippen LogP contribution in [0.1, 0.15) is 45.4 Å². The summed E-state index contributed by atoms with van der Waals surface area (Å²) in [5.74, 6) is -1.40. The van der Waals surface area contributed by atoms with E-state index in [1.54, 1.807) is 24.3 Å². The summed E-state index contributed by atoms with van der Waals surface area (Å²) in [5, 5.41) is 24.3. The number of H-pyrrole nitrogens is 1. The van der Waals surface area contributed by atoms with Crippen molar-refractivity contribution in [1.29, 1.82) is 0 Å². The van der Waals surface area contributed by atoms with Gasteiger partial charge in [0.2, 0.25) is 11.7 Å². The highest BCUT2D eigenvalue weighted by atomic mass is 16.4. The Hall–Kier alpha value is -5.12. The second kappa shape index (κ2) is 11.1. The van der Waals surface area contributed by atoms with Gasteiger partial charge in [-0.1, -0.05) is 92.2 Å². The van der Waals surface area contributed by atoms with Crippen molar-refractivity contribution in [3.05, 3.63) is 112 Å². The predicted octanol–water partition coefficient (Wildman–Crippen LogP) is 4.08. The van der Waals surface area contributed by atoms with E-state index in [1.807, 2.05) is 61.5 Å². The zero-order valence-corrected chi connectivity index (χ0v) is 21.2. The zero-order valence-electron chi connectivity index (χ0n) is 21.2. The van der Waals surface area contributed by atoms with Crippen LogP contribution in [-0.2, 0) is 19.4 Å². The molecule has 0 unspecified atom stereocenters. The molecule has 0 saturated carbocycles. The quantitative estimate of drug-likeness (QED) is 0.298. The molecule has 5 rings (SSSR count). The molecular weight excluding hydrogens is 496 g/mol. The summed E-state index contributed by atoms with van der Waals surface area (Å²) in [6.07, 6.45) is 0.881. The molecule has 0 spiro atoms. The van der Waals surface area contributed by atoms with Crippen LogP contribution in [-0.4, -0.2) is 46.7 Å². The smallest absolute Gasteiger partial charge is 0.354 e. The van der Waals surface area contributed by atoms with Crippen molar-refractivity contribution in [2.75, 3.05) is 0 Å². The standard InChI is InChI=1S/C29H26N6O4/c1-2-8-24-26(28(37)38)35(25(36)17-19-9-4-3-5-10-19)29(39)34(24)18-20-13-15-21(16-14-20)22-11-6-7-12-23(22)27-30-32-33-31-27/h3-7,9-16H,2,8,17-18H2,1H3,(H,37,38)(H,30,31,32,33). The highest BCUT2D eigenvalue weighted by molar-refractivity contribution is 5.94. The van der Waals surface area contributed by atoms with E-state index < -0.39 is 17.6 Å². The number of tetrazole rings is 1. The number of carbonyl (C=O) groups excluding carboxylic acids is 1. The zero-order chi connectivity index (χ0) is 27.4. The Bertz CT molecular complexity index is 1670. The summed E-state index contributed by atoms with van der Waals surface area (Å²) in [4.78, 5) is 39.0. The third-order valence-corrected chi connectivity index (χ3v) is 6.50. The monoisotopic (exact) mass is 522 g/mol.